The number of aryl methyl sites for hydroxylation is 1. The first-order valence-corrected chi connectivity index (χ1v) is 5.61. The summed E-state index contributed by atoms with van der Waals surface area (Å²) in [5, 5.41) is 0. The third-order valence-electron chi connectivity index (χ3n) is 2.49. The van der Waals surface area contributed by atoms with Crippen molar-refractivity contribution in [2.45, 2.75) is 13.0 Å². The molecule has 0 saturated heterocycles. The molecule has 0 saturated carbocycles. The Morgan fingerprint density at radius 1 is 1.24 bits per heavy atom. The molecule has 1 atom stereocenters. The van der Waals surface area contributed by atoms with Gasteiger partial charge in [0.05, 0.1) is 11.7 Å². The number of ether oxygens (including phenoxy) is 1. The average molecular weight is 228 g/mol. The summed E-state index contributed by atoms with van der Waals surface area (Å²) in [5.74, 6) is 0.844. The monoisotopic (exact) mass is 228 g/mol. The predicted molar refractivity (Wildman–Crippen MR) is 67.8 cm³/mol. The van der Waals surface area contributed by atoms with Crippen molar-refractivity contribution in [1.82, 2.24) is 4.98 Å². The van der Waals surface area contributed by atoms with Crippen LogP contribution in [-0.2, 0) is 0 Å². The molecule has 17 heavy (non-hydrogen) atoms. The standard InChI is InChI=1S/C14H16N2O/c1-11-5-4-6-12(9-11)17-10-13(15)14-7-2-3-8-16-14/h2-9,13H,10,15H2,1H3. The molecule has 0 radical (unpaired) electrons. The van der Waals surface area contributed by atoms with E-state index in [0.717, 1.165) is 11.4 Å². The average Bonchev–Trinajstić information content (AvgIpc) is 2.37. The van der Waals surface area contributed by atoms with Gasteiger partial charge in [0.1, 0.15) is 12.4 Å². The van der Waals surface area contributed by atoms with Gasteiger partial charge in [0.15, 0.2) is 0 Å². The van der Waals surface area contributed by atoms with Crippen molar-refractivity contribution < 1.29 is 4.74 Å². The molecule has 2 rings (SSSR count). The lowest BCUT2D eigenvalue weighted by molar-refractivity contribution is 0.288. The number of pyridine rings is 1. The van der Waals surface area contributed by atoms with Crippen LogP contribution in [0, 0.1) is 6.92 Å². The minimum Gasteiger partial charge on any atom is -0.492 e. The van der Waals surface area contributed by atoms with Gasteiger partial charge in [-0.05, 0) is 36.8 Å². The van der Waals surface area contributed by atoms with Crippen LogP contribution in [0.2, 0.25) is 0 Å². The Bertz CT molecular complexity index is 471. The highest BCUT2D eigenvalue weighted by molar-refractivity contribution is 5.27. The van der Waals surface area contributed by atoms with Crippen LogP contribution in [0.15, 0.2) is 48.7 Å². The molecule has 3 nitrogen and oxygen atoms in total. The van der Waals surface area contributed by atoms with Gasteiger partial charge in [-0.2, -0.15) is 0 Å². The van der Waals surface area contributed by atoms with Gasteiger partial charge in [-0.3, -0.25) is 4.98 Å². The zero-order valence-electron chi connectivity index (χ0n) is 9.84. The second-order valence-electron chi connectivity index (χ2n) is 3.99. The van der Waals surface area contributed by atoms with Crippen LogP contribution in [0.4, 0.5) is 0 Å². The van der Waals surface area contributed by atoms with E-state index < -0.39 is 0 Å². The summed E-state index contributed by atoms with van der Waals surface area (Å²) in [5.41, 5.74) is 8.02. The lowest BCUT2D eigenvalue weighted by Gasteiger charge is -2.12. The van der Waals surface area contributed by atoms with Gasteiger partial charge in [0, 0.05) is 6.20 Å². The largest absolute Gasteiger partial charge is 0.492 e. The maximum Gasteiger partial charge on any atom is 0.119 e. The van der Waals surface area contributed by atoms with Crippen molar-refractivity contribution >= 4 is 0 Å². The Hall–Kier alpha value is -1.87. The van der Waals surface area contributed by atoms with E-state index >= 15 is 0 Å². The van der Waals surface area contributed by atoms with E-state index in [1.165, 1.54) is 5.56 Å². The number of hydrogen-bond donors (Lipinski definition) is 1. The highest BCUT2D eigenvalue weighted by Crippen LogP contribution is 2.14. The Balaban J connectivity index is 1.95. The first-order valence-electron chi connectivity index (χ1n) is 5.61. The highest BCUT2D eigenvalue weighted by Gasteiger charge is 2.07. The van der Waals surface area contributed by atoms with Crippen LogP contribution in [-0.4, -0.2) is 11.6 Å². The number of hydrogen-bond acceptors (Lipinski definition) is 3. The minimum absolute atomic E-state index is 0.197. The lowest BCUT2D eigenvalue weighted by atomic mass is 10.2. The Morgan fingerprint density at radius 2 is 2.12 bits per heavy atom. The fourth-order valence-corrected chi connectivity index (χ4v) is 1.57. The van der Waals surface area contributed by atoms with E-state index in [2.05, 4.69) is 4.98 Å². The Labute approximate surface area is 101 Å². The Morgan fingerprint density at radius 3 is 2.82 bits per heavy atom. The first kappa shape index (κ1) is 11.6. The van der Waals surface area contributed by atoms with Crippen molar-refractivity contribution in [1.29, 1.82) is 0 Å². The summed E-state index contributed by atoms with van der Waals surface area (Å²) >= 11 is 0. The summed E-state index contributed by atoms with van der Waals surface area (Å²) in [6, 6.07) is 13.4. The molecule has 0 bridgehead atoms. The zero-order chi connectivity index (χ0) is 12.1. The topological polar surface area (TPSA) is 48.1 Å². The second kappa shape index (κ2) is 5.46. The Kier molecular flexibility index (Phi) is 3.73. The number of nitrogens with two attached hydrogens (primary N) is 1. The van der Waals surface area contributed by atoms with Gasteiger partial charge in [0.25, 0.3) is 0 Å². The molecule has 0 aliphatic heterocycles. The molecule has 88 valence electrons. The van der Waals surface area contributed by atoms with Crippen LogP contribution < -0.4 is 10.5 Å². The van der Waals surface area contributed by atoms with Crippen LogP contribution in [0.1, 0.15) is 17.3 Å². The molecule has 1 aromatic carbocycles. The molecule has 1 heterocycles. The van der Waals surface area contributed by atoms with Gasteiger partial charge >= 0.3 is 0 Å². The number of aromatic nitrogens is 1. The molecule has 1 aromatic heterocycles. The first-order chi connectivity index (χ1) is 8.25. The van der Waals surface area contributed by atoms with Gasteiger partial charge in [-0.1, -0.05) is 18.2 Å². The molecular weight excluding hydrogens is 212 g/mol. The van der Waals surface area contributed by atoms with E-state index in [4.69, 9.17) is 10.5 Å². The molecule has 2 N–H and O–H groups in total. The summed E-state index contributed by atoms with van der Waals surface area (Å²) in [6.45, 7) is 2.46. The number of nitrogens with zero attached hydrogens (tertiary/aromatic N) is 1. The summed E-state index contributed by atoms with van der Waals surface area (Å²) in [6.07, 6.45) is 1.74. The fraction of sp³-hybridized carbons (Fsp3) is 0.214. The summed E-state index contributed by atoms with van der Waals surface area (Å²) in [7, 11) is 0. The quantitative estimate of drug-likeness (QED) is 0.874. The van der Waals surface area contributed by atoms with Crippen LogP contribution in [0.5, 0.6) is 5.75 Å². The van der Waals surface area contributed by atoms with Crippen molar-refractivity contribution in [3.8, 4) is 5.75 Å². The summed E-state index contributed by atoms with van der Waals surface area (Å²) in [4.78, 5) is 4.20. The van der Waals surface area contributed by atoms with Gasteiger partial charge < -0.3 is 10.5 Å². The summed E-state index contributed by atoms with van der Waals surface area (Å²) < 4.78 is 5.64. The third-order valence-corrected chi connectivity index (χ3v) is 2.49. The van der Waals surface area contributed by atoms with Gasteiger partial charge in [-0.25, -0.2) is 0 Å². The molecule has 0 spiro atoms. The van der Waals surface area contributed by atoms with E-state index in [0.29, 0.717) is 6.61 Å². The van der Waals surface area contributed by atoms with E-state index in [1.54, 1.807) is 6.20 Å². The minimum atomic E-state index is -0.197. The molecule has 1 unspecified atom stereocenters. The lowest BCUT2D eigenvalue weighted by Crippen LogP contribution is -2.20. The van der Waals surface area contributed by atoms with Crippen LogP contribution in [0.3, 0.4) is 0 Å². The van der Waals surface area contributed by atoms with Crippen molar-refractivity contribution in [3.63, 3.8) is 0 Å². The SMILES string of the molecule is Cc1cccc(OCC(N)c2ccccn2)c1. The maximum atomic E-state index is 5.99. The highest BCUT2D eigenvalue weighted by atomic mass is 16.5. The molecule has 2 aromatic rings. The van der Waals surface area contributed by atoms with Crippen LogP contribution in [0.25, 0.3) is 0 Å². The van der Waals surface area contributed by atoms with Crippen LogP contribution >= 0.6 is 0 Å². The molecule has 0 fully saturated rings. The van der Waals surface area contributed by atoms with Crippen molar-refractivity contribution in [3.05, 3.63) is 59.9 Å². The predicted octanol–water partition coefficient (Wildman–Crippen LogP) is 2.47. The number of benzene rings is 1. The van der Waals surface area contributed by atoms with E-state index in [-0.39, 0.29) is 6.04 Å². The fourth-order valence-electron chi connectivity index (χ4n) is 1.57. The molecule has 0 aliphatic carbocycles. The van der Waals surface area contributed by atoms with Crippen molar-refractivity contribution in [2.24, 2.45) is 5.73 Å². The molecular formula is C14H16N2O. The van der Waals surface area contributed by atoms with Gasteiger partial charge in [0.2, 0.25) is 0 Å². The maximum absolute atomic E-state index is 5.99. The second-order valence-corrected chi connectivity index (χ2v) is 3.99. The normalized spacial score (nSPS) is 12.1. The van der Waals surface area contributed by atoms with E-state index in [1.807, 2.05) is 49.4 Å². The van der Waals surface area contributed by atoms with Gasteiger partial charge in [-0.15, -0.1) is 0 Å². The molecule has 0 aliphatic rings. The van der Waals surface area contributed by atoms with Crippen molar-refractivity contribution in [2.75, 3.05) is 6.61 Å². The molecule has 0 amide bonds. The molecule has 3 heteroatoms. The smallest absolute Gasteiger partial charge is 0.119 e. The third kappa shape index (κ3) is 3.29. The van der Waals surface area contributed by atoms with E-state index in [9.17, 15) is 0 Å². The number of rotatable bonds is 4. The zero-order valence-corrected chi connectivity index (χ0v) is 9.84.